The van der Waals surface area contributed by atoms with E-state index in [1.54, 1.807) is 24.3 Å². The third-order valence-corrected chi connectivity index (χ3v) is 2.63. The lowest BCUT2D eigenvalue weighted by molar-refractivity contribution is 0.307. The standard InChI is InChI=1S/C13H10ClN2O/c14-11-6-2-4-8-13(11)17-9-10-5-1-3-7-12(10)16-15/h1-8H,9H2/q+1. The number of diazo groups is 1. The van der Waals surface area contributed by atoms with E-state index in [1.165, 1.54) is 0 Å². The van der Waals surface area contributed by atoms with Crippen LogP contribution in [0, 0.1) is 5.39 Å². The summed E-state index contributed by atoms with van der Waals surface area (Å²) in [6.45, 7) is 0.309. The first-order valence-electron chi connectivity index (χ1n) is 5.11. The first-order valence-corrected chi connectivity index (χ1v) is 5.49. The van der Waals surface area contributed by atoms with Gasteiger partial charge in [0.05, 0.1) is 10.6 Å². The van der Waals surface area contributed by atoms with Gasteiger partial charge in [-0.15, -0.1) is 0 Å². The highest BCUT2D eigenvalue weighted by Gasteiger charge is 2.12. The monoisotopic (exact) mass is 245 g/mol. The van der Waals surface area contributed by atoms with E-state index >= 15 is 0 Å². The topological polar surface area (TPSA) is 37.4 Å². The van der Waals surface area contributed by atoms with Crippen molar-refractivity contribution in [2.75, 3.05) is 0 Å². The maximum Gasteiger partial charge on any atom is 0.391 e. The maximum atomic E-state index is 8.81. The van der Waals surface area contributed by atoms with Crippen molar-refractivity contribution in [2.24, 2.45) is 0 Å². The zero-order valence-electron chi connectivity index (χ0n) is 9.01. The molecule has 0 spiro atoms. The second-order valence-electron chi connectivity index (χ2n) is 3.45. The van der Waals surface area contributed by atoms with E-state index in [9.17, 15) is 0 Å². The van der Waals surface area contributed by atoms with Gasteiger partial charge in [-0.3, -0.25) is 0 Å². The van der Waals surface area contributed by atoms with Crippen LogP contribution < -0.4 is 4.74 Å². The molecule has 84 valence electrons. The Balaban J connectivity index is 2.13. The van der Waals surface area contributed by atoms with Gasteiger partial charge in [-0.1, -0.05) is 35.9 Å². The minimum absolute atomic E-state index is 0.309. The molecule has 2 aromatic rings. The van der Waals surface area contributed by atoms with Crippen LogP contribution in [-0.4, -0.2) is 0 Å². The Morgan fingerprint density at radius 3 is 2.53 bits per heavy atom. The number of nitrogens with zero attached hydrogens (tertiary/aromatic N) is 2. The summed E-state index contributed by atoms with van der Waals surface area (Å²) >= 11 is 5.97. The molecule has 0 bridgehead atoms. The summed E-state index contributed by atoms with van der Waals surface area (Å²) in [6, 6.07) is 14.5. The van der Waals surface area contributed by atoms with Gasteiger partial charge in [0.1, 0.15) is 12.4 Å². The normalized spacial score (nSPS) is 9.65. The van der Waals surface area contributed by atoms with Crippen LogP contribution in [0.2, 0.25) is 5.02 Å². The number of hydrogen-bond donors (Lipinski definition) is 0. The summed E-state index contributed by atoms with van der Waals surface area (Å²) in [4.78, 5) is 3.19. The van der Waals surface area contributed by atoms with E-state index in [0.29, 0.717) is 23.1 Å². The van der Waals surface area contributed by atoms with Crippen LogP contribution in [0.25, 0.3) is 4.98 Å². The van der Waals surface area contributed by atoms with Crippen molar-refractivity contribution < 1.29 is 4.74 Å². The molecule has 0 radical (unpaired) electrons. The van der Waals surface area contributed by atoms with Gasteiger partial charge in [-0.25, -0.2) is 0 Å². The van der Waals surface area contributed by atoms with Gasteiger partial charge in [-0.2, -0.15) is 0 Å². The van der Waals surface area contributed by atoms with Gasteiger partial charge in [0, 0.05) is 6.07 Å². The molecule has 0 saturated heterocycles. The van der Waals surface area contributed by atoms with Crippen molar-refractivity contribution in [1.82, 2.24) is 0 Å². The number of benzene rings is 2. The Bertz CT molecular complexity index is 563. The third-order valence-electron chi connectivity index (χ3n) is 2.32. The van der Waals surface area contributed by atoms with E-state index in [4.69, 9.17) is 21.7 Å². The predicted molar refractivity (Wildman–Crippen MR) is 67.0 cm³/mol. The van der Waals surface area contributed by atoms with E-state index < -0.39 is 0 Å². The molecular formula is C13H10ClN2O+. The van der Waals surface area contributed by atoms with Crippen molar-refractivity contribution in [3.05, 3.63) is 64.1 Å². The van der Waals surface area contributed by atoms with Gasteiger partial charge in [0.25, 0.3) is 0 Å². The van der Waals surface area contributed by atoms with Gasteiger partial charge < -0.3 is 4.74 Å². The van der Waals surface area contributed by atoms with Crippen molar-refractivity contribution >= 4 is 17.3 Å². The Kier molecular flexibility index (Phi) is 3.59. The number of ether oxygens (including phenoxy) is 1. The summed E-state index contributed by atoms with van der Waals surface area (Å²) in [5.41, 5.74) is 1.30. The molecule has 0 aliphatic heterocycles. The van der Waals surface area contributed by atoms with Gasteiger partial charge >= 0.3 is 5.69 Å². The van der Waals surface area contributed by atoms with Crippen LogP contribution in [-0.2, 0) is 6.61 Å². The average molecular weight is 246 g/mol. The zero-order valence-corrected chi connectivity index (χ0v) is 9.76. The fourth-order valence-corrected chi connectivity index (χ4v) is 1.64. The molecule has 0 aliphatic carbocycles. The molecular weight excluding hydrogens is 236 g/mol. The quantitative estimate of drug-likeness (QED) is 0.752. The summed E-state index contributed by atoms with van der Waals surface area (Å²) in [5, 5.41) is 9.37. The van der Waals surface area contributed by atoms with Crippen molar-refractivity contribution in [1.29, 1.82) is 5.39 Å². The first kappa shape index (κ1) is 11.4. The highest BCUT2D eigenvalue weighted by molar-refractivity contribution is 6.32. The fourth-order valence-electron chi connectivity index (χ4n) is 1.45. The lowest BCUT2D eigenvalue weighted by atomic mass is 10.2. The van der Waals surface area contributed by atoms with Gasteiger partial charge in [0.15, 0.2) is 4.98 Å². The number of para-hydroxylation sites is 1. The maximum absolute atomic E-state index is 8.81. The summed E-state index contributed by atoms with van der Waals surface area (Å²) in [6.07, 6.45) is 0. The Morgan fingerprint density at radius 1 is 1.06 bits per heavy atom. The Labute approximate surface area is 104 Å². The molecule has 0 heterocycles. The molecule has 0 atom stereocenters. The number of rotatable bonds is 3. The molecule has 0 fully saturated rings. The summed E-state index contributed by atoms with van der Waals surface area (Å²) in [7, 11) is 0. The molecule has 4 heteroatoms. The van der Waals surface area contributed by atoms with Crippen LogP contribution in [0.1, 0.15) is 5.56 Å². The van der Waals surface area contributed by atoms with Gasteiger partial charge in [-0.05, 0) is 18.2 Å². The predicted octanol–water partition coefficient (Wildman–Crippen LogP) is 4.40. The lowest BCUT2D eigenvalue weighted by Gasteiger charge is -2.06. The Morgan fingerprint density at radius 2 is 1.76 bits per heavy atom. The highest BCUT2D eigenvalue weighted by atomic mass is 35.5. The molecule has 0 aromatic heterocycles. The molecule has 2 aromatic carbocycles. The molecule has 0 N–H and O–H groups in total. The van der Waals surface area contributed by atoms with Crippen LogP contribution >= 0.6 is 11.6 Å². The van der Waals surface area contributed by atoms with E-state index in [2.05, 4.69) is 4.98 Å². The summed E-state index contributed by atoms with van der Waals surface area (Å²) < 4.78 is 5.56. The fraction of sp³-hybridized carbons (Fsp3) is 0.0769. The second kappa shape index (κ2) is 5.33. The second-order valence-corrected chi connectivity index (χ2v) is 3.86. The van der Waals surface area contributed by atoms with Crippen molar-refractivity contribution in [3.63, 3.8) is 0 Å². The van der Waals surface area contributed by atoms with Crippen LogP contribution in [0.4, 0.5) is 5.69 Å². The van der Waals surface area contributed by atoms with E-state index in [0.717, 1.165) is 5.56 Å². The largest absolute Gasteiger partial charge is 0.487 e. The molecule has 0 amide bonds. The van der Waals surface area contributed by atoms with Crippen molar-refractivity contribution in [3.8, 4) is 5.75 Å². The SMILES string of the molecule is N#[N+]c1ccccc1COc1ccccc1Cl. The smallest absolute Gasteiger partial charge is 0.391 e. The van der Waals surface area contributed by atoms with E-state index in [1.807, 2.05) is 24.3 Å². The average Bonchev–Trinajstić information content (AvgIpc) is 2.38. The molecule has 0 aliphatic rings. The first-order chi connectivity index (χ1) is 8.31. The lowest BCUT2D eigenvalue weighted by Crippen LogP contribution is -1.95. The molecule has 0 unspecified atom stereocenters. The minimum atomic E-state index is 0.309. The third kappa shape index (κ3) is 2.74. The zero-order chi connectivity index (χ0) is 12.1. The summed E-state index contributed by atoms with van der Waals surface area (Å²) in [5.74, 6) is 0.613. The Hall–Kier alpha value is -2.05. The molecule has 3 nitrogen and oxygen atoms in total. The molecule has 17 heavy (non-hydrogen) atoms. The highest BCUT2D eigenvalue weighted by Crippen LogP contribution is 2.26. The molecule has 0 saturated carbocycles. The molecule has 2 rings (SSSR count). The minimum Gasteiger partial charge on any atom is -0.487 e. The van der Waals surface area contributed by atoms with E-state index in [-0.39, 0.29) is 0 Å². The van der Waals surface area contributed by atoms with Crippen LogP contribution in [0.15, 0.2) is 48.5 Å². The van der Waals surface area contributed by atoms with Crippen LogP contribution in [0.3, 0.4) is 0 Å². The van der Waals surface area contributed by atoms with Crippen molar-refractivity contribution in [2.45, 2.75) is 6.61 Å². The number of halogens is 1. The van der Waals surface area contributed by atoms with Gasteiger partial charge in [0.2, 0.25) is 5.39 Å². The van der Waals surface area contributed by atoms with Crippen LogP contribution in [0.5, 0.6) is 5.75 Å². The number of hydrogen-bond acceptors (Lipinski definition) is 2.